The van der Waals surface area contributed by atoms with Gasteiger partial charge in [-0.2, -0.15) is 0 Å². The van der Waals surface area contributed by atoms with Gasteiger partial charge in [0.15, 0.2) is 5.69 Å². The minimum Gasteiger partial charge on any atom is -0.357 e. The summed E-state index contributed by atoms with van der Waals surface area (Å²) in [6, 6.07) is 4.69. The molecule has 12 heteroatoms. The predicted octanol–water partition coefficient (Wildman–Crippen LogP) is 2.47. The number of anilines is 1. The van der Waals surface area contributed by atoms with Crippen LogP contribution in [0.25, 0.3) is 0 Å². The Morgan fingerprint density at radius 3 is 2.50 bits per heavy atom. The molecule has 42 heavy (non-hydrogen) atoms. The minimum absolute atomic E-state index is 0.00497. The third kappa shape index (κ3) is 5.00. The lowest BCUT2D eigenvalue weighted by Gasteiger charge is -2.53. The molecular weight excluding hydrogens is 538 g/mol. The molecule has 5 amide bonds. The van der Waals surface area contributed by atoms with E-state index in [-0.39, 0.29) is 34.9 Å². The van der Waals surface area contributed by atoms with Crippen LogP contribution in [0, 0.1) is 18.3 Å². The molecule has 2 aromatic rings. The molecule has 4 N–H and O–H groups in total. The van der Waals surface area contributed by atoms with Crippen molar-refractivity contribution in [2.45, 2.75) is 82.7 Å². The number of carbonyl (C=O) groups is 4. The average Bonchev–Trinajstić information content (AvgIpc) is 3.59. The molecule has 0 bridgehead atoms. The Kier molecular flexibility index (Phi) is 7.40. The van der Waals surface area contributed by atoms with Crippen LogP contribution >= 0.6 is 0 Å². The number of aryl methyl sites for hydroxylation is 1. The molecule has 1 aliphatic heterocycles. The van der Waals surface area contributed by atoms with Crippen LogP contribution in [-0.4, -0.2) is 70.7 Å². The van der Waals surface area contributed by atoms with Crippen molar-refractivity contribution in [1.29, 1.82) is 0 Å². The van der Waals surface area contributed by atoms with Crippen molar-refractivity contribution in [3.8, 4) is 0 Å². The van der Waals surface area contributed by atoms with Gasteiger partial charge in [0.25, 0.3) is 5.91 Å². The van der Waals surface area contributed by atoms with Crippen molar-refractivity contribution < 1.29 is 23.8 Å². The van der Waals surface area contributed by atoms with Gasteiger partial charge in [0.05, 0.1) is 0 Å². The van der Waals surface area contributed by atoms with Crippen molar-refractivity contribution in [1.82, 2.24) is 31.2 Å². The first-order valence-corrected chi connectivity index (χ1v) is 15.0. The summed E-state index contributed by atoms with van der Waals surface area (Å²) in [4.78, 5) is 55.0. The van der Waals surface area contributed by atoms with E-state index in [0.717, 1.165) is 62.5 Å². The minimum atomic E-state index is -1.03. The quantitative estimate of drug-likeness (QED) is 0.394. The van der Waals surface area contributed by atoms with E-state index < -0.39 is 17.5 Å². The van der Waals surface area contributed by atoms with E-state index in [9.17, 15) is 19.2 Å². The summed E-state index contributed by atoms with van der Waals surface area (Å²) in [6.07, 6.45) is 8.78. The smallest absolute Gasteiger partial charge is 0.318 e. The first kappa shape index (κ1) is 28.2. The van der Waals surface area contributed by atoms with Crippen LogP contribution in [0.5, 0.6) is 0 Å². The normalized spacial score (nSPS) is 23.9. The van der Waals surface area contributed by atoms with E-state index >= 15 is 0 Å². The number of carbonyl (C=O) groups excluding carboxylic acids is 4. The largest absolute Gasteiger partial charge is 0.357 e. The molecule has 1 spiro atoms. The van der Waals surface area contributed by atoms with Gasteiger partial charge in [-0.05, 0) is 66.9 Å². The lowest BCUT2D eigenvalue weighted by atomic mass is 9.67. The number of likely N-dealkylation sites (N-methyl/N-ethyl adjacent to an activating group) is 1. The van der Waals surface area contributed by atoms with E-state index in [1.807, 2.05) is 18.2 Å². The Bertz CT molecular complexity index is 1400. The number of hydrogen-bond acceptors (Lipinski definition) is 7. The number of amides is 5. The van der Waals surface area contributed by atoms with Crippen LogP contribution in [0.3, 0.4) is 0 Å². The van der Waals surface area contributed by atoms with Gasteiger partial charge in [-0.1, -0.05) is 36.9 Å². The highest BCUT2D eigenvalue weighted by atomic mass is 16.6. The molecule has 1 saturated heterocycles. The fourth-order valence-corrected chi connectivity index (χ4v) is 7.35. The van der Waals surface area contributed by atoms with Crippen LogP contribution in [0.15, 0.2) is 22.8 Å². The topological polar surface area (TPSA) is 159 Å². The molecule has 0 radical (unpaired) electrons. The maximum atomic E-state index is 13.7. The SMILES string of the molecule is CNC(=O)C1(N2CC3(CCC3)CNC2=O)Cc2ccc(NC(=O)C(NC(=O)c3nonc3C)C3CCCCC3)cc2C1. The highest BCUT2D eigenvalue weighted by Crippen LogP contribution is 2.46. The number of nitrogens with zero attached hydrogens (tertiary/aromatic N) is 3. The average molecular weight is 578 g/mol. The lowest BCUT2D eigenvalue weighted by molar-refractivity contribution is -0.133. The van der Waals surface area contributed by atoms with Gasteiger partial charge in [-0.15, -0.1) is 0 Å². The van der Waals surface area contributed by atoms with E-state index in [2.05, 4.69) is 36.2 Å². The second-order valence-corrected chi connectivity index (χ2v) is 12.6. The molecule has 6 rings (SSSR count). The van der Waals surface area contributed by atoms with Gasteiger partial charge in [-0.25, -0.2) is 9.42 Å². The summed E-state index contributed by atoms with van der Waals surface area (Å²) in [7, 11) is 1.61. The maximum absolute atomic E-state index is 13.7. The van der Waals surface area contributed by atoms with Crippen LogP contribution in [0.1, 0.15) is 78.7 Å². The molecule has 2 saturated carbocycles. The fourth-order valence-electron chi connectivity index (χ4n) is 7.35. The summed E-state index contributed by atoms with van der Waals surface area (Å²) >= 11 is 0. The molecule has 4 aliphatic rings. The Balaban J connectivity index is 1.22. The van der Waals surface area contributed by atoms with Crippen molar-refractivity contribution in [2.24, 2.45) is 11.3 Å². The predicted molar refractivity (Wildman–Crippen MR) is 153 cm³/mol. The van der Waals surface area contributed by atoms with Gasteiger partial charge in [-0.3, -0.25) is 14.4 Å². The monoisotopic (exact) mass is 577 g/mol. The molecule has 2 heterocycles. The summed E-state index contributed by atoms with van der Waals surface area (Å²) in [5.74, 6) is -0.988. The third-order valence-electron chi connectivity index (χ3n) is 9.93. The Morgan fingerprint density at radius 2 is 1.83 bits per heavy atom. The molecule has 12 nitrogen and oxygen atoms in total. The van der Waals surface area contributed by atoms with E-state index in [1.54, 1.807) is 18.9 Å². The zero-order chi connectivity index (χ0) is 29.5. The van der Waals surface area contributed by atoms with Gasteiger partial charge in [0.1, 0.15) is 17.3 Å². The zero-order valence-electron chi connectivity index (χ0n) is 24.3. The second-order valence-electron chi connectivity index (χ2n) is 12.6. The number of hydrogen-bond donors (Lipinski definition) is 4. The van der Waals surface area contributed by atoms with E-state index in [1.165, 1.54) is 0 Å². The van der Waals surface area contributed by atoms with Crippen LogP contribution < -0.4 is 21.3 Å². The molecule has 224 valence electrons. The number of rotatable bonds is 7. The van der Waals surface area contributed by atoms with Gasteiger partial charge in [0.2, 0.25) is 11.8 Å². The third-order valence-corrected chi connectivity index (χ3v) is 9.93. The van der Waals surface area contributed by atoms with Crippen LogP contribution in [-0.2, 0) is 22.4 Å². The van der Waals surface area contributed by atoms with Crippen LogP contribution in [0.2, 0.25) is 0 Å². The summed E-state index contributed by atoms with van der Waals surface area (Å²) in [5.41, 5.74) is 1.90. The summed E-state index contributed by atoms with van der Waals surface area (Å²) < 4.78 is 4.69. The number of nitrogens with one attached hydrogen (secondary N) is 4. The Morgan fingerprint density at radius 1 is 1.07 bits per heavy atom. The molecule has 3 aliphatic carbocycles. The number of urea groups is 1. The molecule has 3 fully saturated rings. The maximum Gasteiger partial charge on any atom is 0.318 e. The van der Waals surface area contributed by atoms with Gasteiger partial charge >= 0.3 is 6.03 Å². The van der Waals surface area contributed by atoms with Gasteiger partial charge in [0, 0.05) is 44.1 Å². The number of fused-ring (bicyclic) bond motifs is 1. The molecular formula is C30H39N7O5. The number of benzene rings is 1. The van der Waals surface area contributed by atoms with Crippen molar-refractivity contribution in [3.63, 3.8) is 0 Å². The van der Waals surface area contributed by atoms with Crippen molar-refractivity contribution >= 4 is 29.4 Å². The molecule has 2 unspecified atom stereocenters. The van der Waals surface area contributed by atoms with Gasteiger partial charge < -0.3 is 26.2 Å². The van der Waals surface area contributed by atoms with Crippen LogP contribution in [0.4, 0.5) is 10.5 Å². The van der Waals surface area contributed by atoms with E-state index in [4.69, 9.17) is 0 Å². The molecule has 1 aromatic heterocycles. The Hall–Kier alpha value is -3.96. The standard InChI is InChI=1S/C30H39N7O5/c1-18-23(36-42-35-18)25(38)34-24(19-7-4-3-5-8-19)26(39)33-22-10-9-20-14-30(27(40)31-2,15-21(20)13-22)37-17-29(11-6-12-29)16-32-28(37)41/h9-10,13,19,24H,3-8,11-12,14-17H2,1-2H3,(H,31,40)(H,32,41)(H,33,39)(H,34,38). The summed E-state index contributed by atoms with van der Waals surface area (Å²) in [6.45, 7) is 2.85. The first-order valence-electron chi connectivity index (χ1n) is 15.0. The molecule has 1 aromatic carbocycles. The highest BCUT2D eigenvalue weighted by molar-refractivity contribution is 6.01. The number of aromatic nitrogens is 2. The van der Waals surface area contributed by atoms with Crippen molar-refractivity contribution in [3.05, 3.63) is 40.7 Å². The molecule has 2 atom stereocenters. The van der Waals surface area contributed by atoms with E-state index in [0.29, 0.717) is 37.3 Å². The fraction of sp³-hybridized carbons (Fsp3) is 0.600. The second kappa shape index (κ2) is 11.0. The zero-order valence-corrected chi connectivity index (χ0v) is 24.3. The lowest BCUT2D eigenvalue weighted by Crippen LogP contribution is -2.70. The highest BCUT2D eigenvalue weighted by Gasteiger charge is 2.55. The summed E-state index contributed by atoms with van der Waals surface area (Å²) in [5, 5.41) is 19.1. The Labute approximate surface area is 244 Å². The van der Waals surface area contributed by atoms with Crippen molar-refractivity contribution in [2.75, 3.05) is 25.5 Å². The first-order chi connectivity index (χ1) is 20.2.